The summed E-state index contributed by atoms with van der Waals surface area (Å²) in [5, 5.41) is 8.50. The first-order valence-electron chi connectivity index (χ1n) is 4.54. The Morgan fingerprint density at radius 1 is 1.41 bits per heavy atom. The minimum Gasteiger partial charge on any atom is -0.481 e. The molecule has 0 saturated carbocycles. The Morgan fingerprint density at radius 3 is 2.59 bits per heavy atom. The zero-order chi connectivity index (χ0) is 13.1. The van der Waals surface area contributed by atoms with Gasteiger partial charge in [0.1, 0.15) is 5.75 Å². The number of rotatable bonds is 4. The van der Waals surface area contributed by atoms with Crippen molar-refractivity contribution in [2.75, 3.05) is 0 Å². The number of aliphatic carboxylic acids is 1. The van der Waals surface area contributed by atoms with Crippen molar-refractivity contribution < 1.29 is 27.8 Å². The van der Waals surface area contributed by atoms with Crippen LogP contribution in [-0.4, -0.2) is 17.4 Å². The summed E-state index contributed by atoms with van der Waals surface area (Å²) in [7, 11) is 0. The van der Waals surface area contributed by atoms with Gasteiger partial charge in [0, 0.05) is 6.42 Å². The fourth-order valence-electron chi connectivity index (χ4n) is 1.22. The summed E-state index contributed by atoms with van der Waals surface area (Å²) in [5.41, 5.74) is 0.233. The van der Waals surface area contributed by atoms with Crippen LogP contribution in [0.5, 0.6) is 5.75 Å². The zero-order valence-electron chi connectivity index (χ0n) is 8.42. The smallest absolute Gasteiger partial charge is 0.481 e. The molecule has 0 saturated heterocycles. The summed E-state index contributed by atoms with van der Waals surface area (Å²) in [6.45, 7) is 0. The Balaban J connectivity index is 2.96. The maximum absolute atomic E-state index is 12.2. The van der Waals surface area contributed by atoms with Crippen LogP contribution in [0.1, 0.15) is 12.0 Å². The molecule has 1 aromatic rings. The monoisotopic (exact) mass is 360 g/mol. The molecule has 0 radical (unpaired) electrons. The van der Waals surface area contributed by atoms with E-state index in [0.29, 0.717) is 3.57 Å². The maximum Gasteiger partial charge on any atom is 0.573 e. The molecular formula is C10H8F3IO3. The van der Waals surface area contributed by atoms with Crippen molar-refractivity contribution >= 4 is 28.6 Å². The molecule has 0 amide bonds. The standard InChI is InChI=1S/C10H8F3IO3/c11-10(12,13)17-9-6(4-5-8(15)16)2-1-3-7(9)14/h1-3H,4-5H2,(H,15,16). The van der Waals surface area contributed by atoms with E-state index in [1.807, 2.05) is 0 Å². The van der Waals surface area contributed by atoms with Gasteiger partial charge in [0.25, 0.3) is 0 Å². The largest absolute Gasteiger partial charge is 0.573 e. The highest BCUT2D eigenvalue weighted by molar-refractivity contribution is 14.1. The number of benzene rings is 1. The van der Waals surface area contributed by atoms with Crippen molar-refractivity contribution in [2.45, 2.75) is 19.2 Å². The quantitative estimate of drug-likeness (QED) is 0.839. The number of hydrogen-bond acceptors (Lipinski definition) is 2. The predicted molar refractivity (Wildman–Crippen MR) is 61.8 cm³/mol. The fraction of sp³-hybridized carbons (Fsp3) is 0.300. The molecule has 1 aromatic carbocycles. The van der Waals surface area contributed by atoms with Crippen molar-refractivity contribution in [3.8, 4) is 5.75 Å². The Kier molecular flexibility index (Phi) is 4.61. The van der Waals surface area contributed by atoms with Crippen molar-refractivity contribution in [3.63, 3.8) is 0 Å². The summed E-state index contributed by atoms with van der Waals surface area (Å²) in [5.74, 6) is -1.39. The normalized spacial score (nSPS) is 11.3. The number of aryl methyl sites for hydroxylation is 1. The molecule has 7 heteroatoms. The second-order valence-electron chi connectivity index (χ2n) is 3.17. The molecule has 0 aliphatic carbocycles. The Bertz CT molecular complexity index is 418. The van der Waals surface area contributed by atoms with E-state index in [4.69, 9.17) is 5.11 Å². The summed E-state index contributed by atoms with van der Waals surface area (Å²) in [6.07, 6.45) is -5.02. The van der Waals surface area contributed by atoms with Crippen molar-refractivity contribution in [1.82, 2.24) is 0 Å². The van der Waals surface area contributed by atoms with Gasteiger partial charge in [-0.1, -0.05) is 12.1 Å². The van der Waals surface area contributed by atoms with Crippen LogP contribution in [0.3, 0.4) is 0 Å². The van der Waals surface area contributed by atoms with Crippen molar-refractivity contribution in [3.05, 3.63) is 27.3 Å². The van der Waals surface area contributed by atoms with E-state index in [-0.39, 0.29) is 24.2 Å². The molecule has 0 aliphatic heterocycles. The third kappa shape index (κ3) is 4.80. The lowest BCUT2D eigenvalue weighted by Crippen LogP contribution is -2.19. The maximum atomic E-state index is 12.2. The van der Waals surface area contributed by atoms with Gasteiger partial charge in [-0.15, -0.1) is 13.2 Å². The van der Waals surface area contributed by atoms with E-state index in [1.165, 1.54) is 12.1 Å². The van der Waals surface area contributed by atoms with Crippen molar-refractivity contribution in [1.29, 1.82) is 0 Å². The summed E-state index contributed by atoms with van der Waals surface area (Å²) >= 11 is 1.71. The van der Waals surface area contributed by atoms with Gasteiger partial charge < -0.3 is 9.84 Å². The SMILES string of the molecule is O=C(O)CCc1cccc(I)c1OC(F)(F)F. The van der Waals surface area contributed by atoms with Crippen LogP contribution in [0.2, 0.25) is 0 Å². The highest BCUT2D eigenvalue weighted by Crippen LogP contribution is 2.31. The van der Waals surface area contributed by atoms with Crippen LogP contribution < -0.4 is 4.74 Å². The summed E-state index contributed by atoms with van der Waals surface area (Å²) in [6, 6.07) is 4.44. The van der Waals surface area contributed by atoms with Crippen LogP contribution in [0.15, 0.2) is 18.2 Å². The van der Waals surface area contributed by atoms with E-state index in [9.17, 15) is 18.0 Å². The molecule has 0 heterocycles. The van der Waals surface area contributed by atoms with Crippen LogP contribution in [0, 0.1) is 3.57 Å². The Morgan fingerprint density at radius 2 is 2.06 bits per heavy atom. The van der Waals surface area contributed by atoms with Gasteiger partial charge in [-0.25, -0.2) is 0 Å². The molecule has 0 aromatic heterocycles. The number of carbonyl (C=O) groups is 1. The summed E-state index contributed by atoms with van der Waals surface area (Å²) in [4.78, 5) is 10.4. The number of alkyl halides is 3. The second-order valence-corrected chi connectivity index (χ2v) is 4.33. The topological polar surface area (TPSA) is 46.5 Å². The van der Waals surface area contributed by atoms with Gasteiger partial charge in [0.15, 0.2) is 0 Å². The van der Waals surface area contributed by atoms with Gasteiger partial charge in [0.2, 0.25) is 0 Å². The minimum atomic E-state index is -4.78. The van der Waals surface area contributed by atoms with Crippen molar-refractivity contribution in [2.24, 2.45) is 0 Å². The fourth-order valence-corrected chi connectivity index (χ4v) is 1.89. The second kappa shape index (κ2) is 5.56. The molecule has 0 spiro atoms. The third-order valence-corrected chi connectivity index (χ3v) is 2.72. The van der Waals surface area contributed by atoms with Crippen LogP contribution in [0.4, 0.5) is 13.2 Å². The average molecular weight is 360 g/mol. The minimum absolute atomic E-state index is 0.00239. The van der Waals surface area contributed by atoms with Gasteiger partial charge in [-0.3, -0.25) is 4.79 Å². The van der Waals surface area contributed by atoms with E-state index < -0.39 is 12.3 Å². The molecule has 0 aliphatic rings. The number of carboxylic acid groups (broad SMARTS) is 1. The van der Waals surface area contributed by atoms with E-state index >= 15 is 0 Å². The number of hydrogen-bond donors (Lipinski definition) is 1. The molecule has 1 rings (SSSR count). The van der Waals surface area contributed by atoms with Gasteiger partial charge in [0.05, 0.1) is 3.57 Å². The van der Waals surface area contributed by atoms with Crippen LogP contribution in [-0.2, 0) is 11.2 Å². The first-order valence-corrected chi connectivity index (χ1v) is 5.62. The van der Waals surface area contributed by atoms with E-state index in [0.717, 1.165) is 0 Å². The van der Waals surface area contributed by atoms with Crippen LogP contribution in [0.25, 0.3) is 0 Å². The number of ether oxygens (including phenoxy) is 1. The van der Waals surface area contributed by atoms with E-state index in [1.54, 1.807) is 28.7 Å². The van der Waals surface area contributed by atoms with Gasteiger partial charge in [-0.05, 0) is 40.6 Å². The molecule has 94 valence electrons. The summed E-state index contributed by atoms with van der Waals surface area (Å²) < 4.78 is 40.7. The first-order chi connectivity index (χ1) is 7.79. The Labute approximate surface area is 109 Å². The number of halogens is 4. The highest BCUT2D eigenvalue weighted by atomic mass is 127. The molecule has 3 nitrogen and oxygen atoms in total. The third-order valence-electron chi connectivity index (χ3n) is 1.87. The molecule has 0 unspecified atom stereocenters. The van der Waals surface area contributed by atoms with E-state index in [2.05, 4.69) is 4.74 Å². The van der Waals surface area contributed by atoms with Gasteiger partial charge in [-0.2, -0.15) is 0 Å². The molecule has 1 N–H and O–H groups in total. The molecule has 0 fully saturated rings. The zero-order valence-corrected chi connectivity index (χ0v) is 10.6. The number of carboxylic acids is 1. The average Bonchev–Trinajstić information content (AvgIpc) is 2.17. The lowest BCUT2D eigenvalue weighted by molar-refractivity contribution is -0.275. The highest BCUT2D eigenvalue weighted by Gasteiger charge is 2.33. The lowest BCUT2D eigenvalue weighted by Gasteiger charge is -2.14. The Hall–Kier alpha value is -0.990. The molecule has 0 bridgehead atoms. The van der Waals surface area contributed by atoms with Crippen LogP contribution >= 0.6 is 22.6 Å². The molecule has 17 heavy (non-hydrogen) atoms. The molecule has 0 atom stereocenters. The predicted octanol–water partition coefficient (Wildman–Crippen LogP) is 3.21. The molecular weight excluding hydrogens is 352 g/mol. The van der Waals surface area contributed by atoms with Gasteiger partial charge >= 0.3 is 12.3 Å². The first kappa shape index (κ1) is 14.1. The lowest BCUT2D eigenvalue weighted by atomic mass is 10.1. The number of para-hydroxylation sites is 1.